The van der Waals surface area contributed by atoms with Gasteiger partial charge in [-0.15, -0.1) is 0 Å². The third kappa shape index (κ3) is 3.41. The molecule has 4 rings (SSSR count). The zero-order chi connectivity index (χ0) is 17.2. The second kappa shape index (κ2) is 6.90. The van der Waals surface area contributed by atoms with Gasteiger partial charge in [-0.05, 0) is 29.3 Å². The molecule has 25 heavy (non-hydrogen) atoms. The summed E-state index contributed by atoms with van der Waals surface area (Å²) in [6, 6.07) is 11.6. The van der Waals surface area contributed by atoms with Crippen LogP contribution >= 0.6 is 23.2 Å². The average molecular weight is 372 g/mol. The fraction of sp³-hybridized carbons (Fsp3) is 0.158. The summed E-state index contributed by atoms with van der Waals surface area (Å²) in [5.74, 6) is 1.55. The highest BCUT2D eigenvalue weighted by molar-refractivity contribution is 6.33. The van der Waals surface area contributed by atoms with Gasteiger partial charge in [0.05, 0.1) is 29.7 Å². The number of hydrogen-bond donors (Lipinski definition) is 1. The van der Waals surface area contributed by atoms with Gasteiger partial charge in [-0.25, -0.2) is 4.98 Å². The zero-order valence-corrected chi connectivity index (χ0v) is 14.8. The zero-order valence-electron chi connectivity index (χ0n) is 13.3. The van der Waals surface area contributed by atoms with E-state index in [0.29, 0.717) is 29.7 Å². The SMILES string of the molecule is Clc1ccccc1CNc1cnc(-c2cc3c(cc2Cl)CCO3)cn1. The Morgan fingerprint density at radius 1 is 1.04 bits per heavy atom. The Morgan fingerprint density at radius 2 is 1.92 bits per heavy atom. The number of hydrogen-bond acceptors (Lipinski definition) is 4. The van der Waals surface area contributed by atoms with Gasteiger partial charge in [-0.3, -0.25) is 4.98 Å². The number of nitrogens with one attached hydrogen (secondary N) is 1. The summed E-state index contributed by atoms with van der Waals surface area (Å²) in [6.45, 7) is 1.28. The first-order valence-electron chi connectivity index (χ1n) is 7.95. The first kappa shape index (κ1) is 16.2. The van der Waals surface area contributed by atoms with Crippen LogP contribution in [0.25, 0.3) is 11.3 Å². The van der Waals surface area contributed by atoms with Gasteiger partial charge < -0.3 is 10.1 Å². The van der Waals surface area contributed by atoms with Crippen molar-refractivity contribution >= 4 is 29.0 Å². The second-order valence-electron chi connectivity index (χ2n) is 5.77. The van der Waals surface area contributed by atoms with Crippen LogP contribution in [0, 0.1) is 0 Å². The Kier molecular flexibility index (Phi) is 4.47. The quantitative estimate of drug-likeness (QED) is 0.700. The summed E-state index contributed by atoms with van der Waals surface area (Å²) in [7, 11) is 0. The lowest BCUT2D eigenvalue weighted by molar-refractivity contribution is 0.357. The minimum Gasteiger partial charge on any atom is -0.493 e. The molecule has 2 aromatic carbocycles. The van der Waals surface area contributed by atoms with Crippen LogP contribution < -0.4 is 10.1 Å². The minimum absolute atomic E-state index is 0.584. The molecule has 0 saturated heterocycles. The number of benzene rings is 2. The largest absolute Gasteiger partial charge is 0.493 e. The highest BCUT2D eigenvalue weighted by Crippen LogP contribution is 2.36. The van der Waals surface area contributed by atoms with Crippen molar-refractivity contribution in [2.24, 2.45) is 0 Å². The average Bonchev–Trinajstić information content (AvgIpc) is 3.08. The molecule has 1 aromatic heterocycles. The standard InChI is InChI=1S/C19H15Cl2N3O/c20-15-4-2-1-3-13(15)9-23-19-11-22-17(10-24-19)14-8-18-12(5-6-25-18)7-16(14)21/h1-4,7-8,10-11H,5-6,9H2,(H,23,24). The van der Waals surface area contributed by atoms with E-state index in [1.165, 1.54) is 0 Å². The third-order valence-electron chi connectivity index (χ3n) is 4.12. The third-order valence-corrected chi connectivity index (χ3v) is 4.81. The molecule has 0 unspecified atom stereocenters. The van der Waals surface area contributed by atoms with E-state index in [0.717, 1.165) is 33.9 Å². The Bertz CT molecular complexity index is 913. The predicted octanol–water partition coefficient (Wildman–Crippen LogP) is 5.00. The number of nitrogens with zero attached hydrogens (tertiary/aromatic N) is 2. The van der Waals surface area contributed by atoms with Crippen LogP contribution in [0.2, 0.25) is 10.0 Å². The molecule has 0 atom stereocenters. The molecule has 2 heterocycles. The number of aromatic nitrogens is 2. The summed E-state index contributed by atoms with van der Waals surface area (Å²) in [4.78, 5) is 8.89. The van der Waals surface area contributed by atoms with Crippen molar-refractivity contribution in [3.8, 4) is 17.0 Å². The fourth-order valence-electron chi connectivity index (χ4n) is 2.78. The monoisotopic (exact) mass is 371 g/mol. The number of anilines is 1. The van der Waals surface area contributed by atoms with Crippen LogP contribution in [0.1, 0.15) is 11.1 Å². The van der Waals surface area contributed by atoms with E-state index in [4.69, 9.17) is 27.9 Å². The molecule has 0 aliphatic carbocycles. The lowest BCUT2D eigenvalue weighted by atomic mass is 10.1. The number of rotatable bonds is 4. The van der Waals surface area contributed by atoms with Crippen LogP contribution in [0.5, 0.6) is 5.75 Å². The van der Waals surface area contributed by atoms with E-state index < -0.39 is 0 Å². The molecule has 6 heteroatoms. The number of halogens is 2. The molecule has 126 valence electrons. The minimum atomic E-state index is 0.584. The Morgan fingerprint density at radius 3 is 2.72 bits per heavy atom. The maximum atomic E-state index is 6.39. The van der Waals surface area contributed by atoms with Gasteiger partial charge >= 0.3 is 0 Å². The normalized spacial score (nSPS) is 12.6. The van der Waals surface area contributed by atoms with Crippen molar-refractivity contribution in [3.63, 3.8) is 0 Å². The molecule has 0 bridgehead atoms. The lowest BCUT2D eigenvalue weighted by Gasteiger charge is -2.09. The molecule has 0 fully saturated rings. The molecule has 0 amide bonds. The predicted molar refractivity (Wildman–Crippen MR) is 100 cm³/mol. The van der Waals surface area contributed by atoms with Crippen LogP contribution in [0.3, 0.4) is 0 Å². The highest BCUT2D eigenvalue weighted by atomic mass is 35.5. The van der Waals surface area contributed by atoms with Gasteiger partial charge in [0.25, 0.3) is 0 Å². The summed E-state index contributed by atoms with van der Waals surface area (Å²) < 4.78 is 5.61. The van der Waals surface area contributed by atoms with Crippen LogP contribution in [-0.4, -0.2) is 16.6 Å². The van der Waals surface area contributed by atoms with Crippen LogP contribution in [0.15, 0.2) is 48.8 Å². The van der Waals surface area contributed by atoms with E-state index in [-0.39, 0.29) is 0 Å². The van der Waals surface area contributed by atoms with Crippen molar-refractivity contribution in [2.75, 3.05) is 11.9 Å². The van der Waals surface area contributed by atoms with Gasteiger partial charge in [0.2, 0.25) is 0 Å². The molecule has 0 spiro atoms. The van der Waals surface area contributed by atoms with Crippen LogP contribution in [0.4, 0.5) is 5.82 Å². The Hall–Kier alpha value is -2.30. The Balaban J connectivity index is 1.52. The lowest BCUT2D eigenvalue weighted by Crippen LogP contribution is -2.02. The first-order valence-corrected chi connectivity index (χ1v) is 8.71. The smallest absolute Gasteiger partial charge is 0.144 e. The highest BCUT2D eigenvalue weighted by Gasteiger charge is 2.16. The summed E-state index contributed by atoms with van der Waals surface area (Å²) >= 11 is 12.5. The van der Waals surface area contributed by atoms with Gasteiger partial charge in [0, 0.05) is 23.6 Å². The summed E-state index contributed by atoms with van der Waals surface area (Å²) in [5, 5.41) is 4.61. The topological polar surface area (TPSA) is 47.0 Å². The van der Waals surface area contributed by atoms with E-state index in [2.05, 4.69) is 15.3 Å². The van der Waals surface area contributed by atoms with E-state index in [9.17, 15) is 0 Å². The maximum absolute atomic E-state index is 6.39. The van der Waals surface area contributed by atoms with Crippen LogP contribution in [-0.2, 0) is 13.0 Å². The summed E-state index contributed by atoms with van der Waals surface area (Å²) in [6.07, 6.45) is 4.29. The molecule has 0 saturated carbocycles. The van der Waals surface area contributed by atoms with Gasteiger partial charge in [0.15, 0.2) is 0 Å². The van der Waals surface area contributed by atoms with Gasteiger partial charge in [-0.1, -0.05) is 41.4 Å². The fourth-order valence-corrected chi connectivity index (χ4v) is 3.26. The molecule has 4 nitrogen and oxygen atoms in total. The van der Waals surface area contributed by atoms with Crippen molar-refractivity contribution in [2.45, 2.75) is 13.0 Å². The molecule has 1 aliphatic heterocycles. The molecule has 3 aromatic rings. The van der Waals surface area contributed by atoms with E-state index >= 15 is 0 Å². The van der Waals surface area contributed by atoms with Crippen molar-refractivity contribution in [3.05, 3.63) is 70.0 Å². The molecule has 0 radical (unpaired) electrons. The summed E-state index contributed by atoms with van der Waals surface area (Å²) in [5.41, 5.74) is 3.69. The van der Waals surface area contributed by atoms with E-state index in [1.54, 1.807) is 12.4 Å². The maximum Gasteiger partial charge on any atom is 0.144 e. The first-order chi connectivity index (χ1) is 12.2. The molecule has 1 aliphatic rings. The molecular weight excluding hydrogens is 357 g/mol. The van der Waals surface area contributed by atoms with Crippen molar-refractivity contribution in [1.29, 1.82) is 0 Å². The Labute approximate surface area is 155 Å². The number of fused-ring (bicyclic) bond motifs is 1. The van der Waals surface area contributed by atoms with Crippen molar-refractivity contribution < 1.29 is 4.74 Å². The van der Waals surface area contributed by atoms with Gasteiger partial charge in [0.1, 0.15) is 11.6 Å². The van der Waals surface area contributed by atoms with E-state index in [1.807, 2.05) is 36.4 Å². The number of ether oxygens (including phenoxy) is 1. The molecular formula is C19H15Cl2N3O. The molecule has 1 N–H and O–H groups in total. The second-order valence-corrected chi connectivity index (χ2v) is 6.58. The van der Waals surface area contributed by atoms with Gasteiger partial charge in [-0.2, -0.15) is 0 Å². The van der Waals surface area contributed by atoms with Crippen molar-refractivity contribution in [1.82, 2.24) is 9.97 Å².